The van der Waals surface area contributed by atoms with E-state index in [4.69, 9.17) is 23.7 Å². The summed E-state index contributed by atoms with van der Waals surface area (Å²) in [5, 5.41) is 0. The molecule has 108 valence electrons. The van der Waals surface area contributed by atoms with Crippen LogP contribution in [0.2, 0.25) is 0 Å². The number of hydrogen-bond donors (Lipinski definition) is 2. The number of rotatable bonds is 5. The van der Waals surface area contributed by atoms with E-state index in [9.17, 15) is 4.79 Å². The second kappa shape index (κ2) is 6.81. The van der Waals surface area contributed by atoms with Crippen LogP contribution in [0.3, 0.4) is 0 Å². The lowest BCUT2D eigenvalue weighted by Crippen LogP contribution is -2.42. The number of nitrogens with two attached hydrogens (primary N) is 2. The van der Waals surface area contributed by atoms with Gasteiger partial charge in [-0.2, -0.15) is 0 Å². The summed E-state index contributed by atoms with van der Waals surface area (Å²) in [6, 6.07) is 10.1. The van der Waals surface area contributed by atoms with Crippen LogP contribution < -0.4 is 11.5 Å². The average molecular weight is 291 g/mol. The van der Waals surface area contributed by atoms with Gasteiger partial charge in [0, 0.05) is 18.4 Å². The van der Waals surface area contributed by atoms with Crippen molar-refractivity contribution >= 4 is 23.1 Å². The molecule has 1 atom stereocenters. The fourth-order valence-electron chi connectivity index (χ4n) is 2.70. The van der Waals surface area contributed by atoms with Crippen molar-refractivity contribution in [1.29, 1.82) is 0 Å². The lowest BCUT2D eigenvalue weighted by molar-refractivity contribution is -0.123. The Hall–Kier alpha value is -1.46. The molecule has 0 aromatic heterocycles. The third-order valence-electron chi connectivity index (χ3n) is 3.98. The Bertz CT molecular complexity index is 469. The number of benzene rings is 1. The highest BCUT2D eigenvalue weighted by atomic mass is 32.1. The molecule has 0 radical (unpaired) electrons. The molecule has 1 aliphatic heterocycles. The molecule has 20 heavy (non-hydrogen) atoms. The molecule has 0 saturated carbocycles. The van der Waals surface area contributed by atoms with Crippen molar-refractivity contribution in [1.82, 2.24) is 4.90 Å². The number of nitrogens with zero attached hydrogens (tertiary/aromatic N) is 1. The lowest BCUT2D eigenvalue weighted by atomic mass is 9.93. The number of thiocarbonyl (C=S) groups is 1. The number of carbonyl (C=O) groups is 1. The predicted octanol–water partition coefficient (Wildman–Crippen LogP) is 1.25. The maximum Gasteiger partial charge on any atom is 0.220 e. The second-order valence-corrected chi connectivity index (χ2v) is 5.81. The maximum absolute atomic E-state index is 11.2. The molecule has 1 aliphatic rings. The fourth-order valence-corrected chi connectivity index (χ4v) is 2.91. The summed E-state index contributed by atoms with van der Waals surface area (Å²) in [6.07, 6.45) is 1.66. The zero-order chi connectivity index (χ0) is 14.5. The zero-order valence-corrected chi connectivity index (χ0v) is 12.3. The van der Waals surface area contributed by atoms with Crippen molar-refractivity contribution in [2.45, 2.75) is 18.8 Å². The van der Waals surface area contributed by atoms with E-state index < -0.39 is 0 Å². The number of likely N-dealkylation sites (tertiary alicyclic amines) is 1. The molecule has 5 heteroatoms. The molecule has 1 heterocycles. The van der Waals surface area contributed by atoms with Gasteiger partial charge in [-0.05, 0) is 31.5 Å². The summed E-state index contributed by atoms with van der Waals surface area (Å²) in [6.45, 7) is 2.56. The van der Waals surface area contributed by atoms with E-state index in [1.165, 1.54) is 0 Å². The molecule has 0 bridgehead atoms. The van der Waals surface area contributed by atoms with E-state index >= 15 is 0 Å². The predicted molar refractivity (Wildman–Crippen MR) is 84.3 cm³/mol. The first-order valence-corrected chi connectivity index (χ1v) is 7.34. The number of primary amides is 1. The third kappa shape index (κ3) is 3.77. The number of amides is 1. The maximum atomic E-state index is 11.2. The third-order valence-corrected chi connectivity index (χ3v) is 4.26. The quantitative estimate of drug-likeness (QED) is 0.801. The minimum absolute atomic E-state index is 0.0197. The Morgan fingerprint density at radius 3 is 2.35 bits per heavy atom. The fraction of sp³-hybridized carbons (Fsp3) is 0.467. The molecule has 1 aromatic rings. The standard InChI is InChI=1S/C15H21N3OS/c16-14(19)12-6-8-18(9-7-12)10-13(15(17)20)11-4-2-1-3-5-11/h1-5,12-13H,6-10H2,(H2,16,19)(H2,17,20). The number of piperidine rings is 1. The van der Waals surface area contributed by atoms with E-state index in [2.05, 4.69) is 17.0 Å². The largest absolute Gasteiger partial charge is 0.393 e. The van der Waals surface area contributed by atoms with Crippen LogP contribution in [0.15, 0.2) is 30.3 Å². The Labute approximate surface area is 125 Å². The molecule has 1 aromatic carbocycles. The Balaban J connectivity index is 1.97. The molecule has 0 aliphatic carbocycles. The lowest BCUT2D eigenvalue weighted by Gasteiger charge is -2.33. The molecular weight excluding hydrogens is 270 g/mol. The van der Waals surface area contributed by atoms with Crippen LogP contribution in [0.25, 0.3) is 0 Å². The van der Waals surface area contributed by atoms with Gasteiger partial charge in [0.05, 0.1) is 4.99 Å². The first-order chi connectivity index (χ1) is 9.58. The molecular formula is C15H21N3OS. The smallest absolute Gasteiger partial charge is 0.220 e. The minimum atomic E-state index is -0.182. The van der Waals surface area contributed by atoms with E-state index in [1.807, 2.05) is 18.2 Å². The molecule has 1 saturated heterocycles. The Morgan fingerprint density at radius 2 is 1.85 bits per heavy atom. The summed E-state index contributed by atoms with van der Waals surface area (Å²) in [7, 11) is 0. The molecule has 4 nitrogen and oxygen atoms in total. The van der Waals surface area contributed by atoms with Gasteiger partial charge in [0.1, 0.15) is 0 Å². The van der Waals surface area contributed by atoms with Crippen molar-refractivity contribution in [3.05, 3.63) is 35.9 Å². The minimum Gasteiger partial charge on any atom is -0.393 e. The summed E-state index contributed by atoms with van der Waals surface area (Å²) < 4.78 is 0. The highest BCUT2D eigenvalue weighted by molar-refractivity contribution is 7.80. The Kier molecular flexibility index (Phi) is 5.09. The van der Waals surface area contributed by atoms with E-state index in [1.54, 1.807) is 0 Å². The molecule has 0 spiro atoms. The normalized spacial score (nSPS) is 18.6. The number of carbonyl (C=O) groups excluding carboxylic acids is 1. The molecule has 1 amide bonds. The Morgan fingerprint density at radius 1 is 1.25 bits per heavy atom. The van der Waals surface area contributed by atoms with Crippen LogP contribution >= 0.6 is 12.2 Å². The molecule has 2 rings (SSSR count). The van der Waals surface area contributed by atoms with Gasteiger partial charge in [-0.15, -0.1) is 0 Å². The van der Waals surface area contributed by atoms with Crippen LogP contribution in [-0.4, -0.2) is 35.4 Å². The number of hydrogen-bond acceptors (Lipinski definition) is 3. The summed E-state index contributed by atoms with van der Waals surface area (Å²) in [5.74, 6) is -0.0961. The molecule has 1 unspecified atom stereocenters. The highest BCUT2D eigenvalue weighted by Crippen LogP contribution is 2.22. The van der Waals surface area contributed by atoms with Crippen molar-refractivity contribution in [2.24, 2.45) is 17.4 Å². The van der Waals surface area contributed by atoms with Crippen molar-refractivity contribution < 1.29 is 4.79 Å². The van der Waals surface area contributed by atoms with Gasteiger partial charge < -0.3 is 16.4 Å². The van der Waals surface area contributed by atoms with Crippen molar-refractivity contribution in [3.63, 3.8) is 0 Å². The first-order valence-electron chi connectivity index (χ1n) is 6.94. The molecule has 1 fully saturated rings. The van der Waals surface area contributed by atoms with Gasteiger partial charge >= 0.3 is 0 Å². The summed E-state index contributed by atoms with van der Waals surface area (Å²) in [4.78, 5) is 14.0. The van der Waals surface area contributed by atoms with E-state index in [0.717, 1.165) is 38.0 Å². The van der Waals surface area contributed by atoms with Crippen LogP contribution in [0.1, 0.15) is 24.3 Å². The van der Waals surface area contributed by atoms with Crippen LogP contribution in [0.4, 0.5) is 0 Å². The highest BCUT2D eigenvalue weighted by Gasteiger charge is 2.25. The monoisotopic (exact) mass is 291 g/mol. The first kappa shape index (κ1) is 14.9. The SMILES string of the molecule is NC(=O)C1CCN(CC(C(N)=S)c2ccccc2)CC1. The average Bonchev–Trinajstić information content (AvgIpc) is 2.46. The van der Waals surface area contributed by atoms with E-state index in [-0.39, 0.29) is 17.7 Å². The van der Waals surface area contributed by atoms with Gasteiger partial charge in [-0.3, -0.25) is 4.79 Å². The zero-order valence-electron chi connectivity index (χ0n) is 11.5. The van der Waals surface area contributed by atoms with Gasteiger partial charge in [-0.25, -0.2) is 0 Å². The van der Waals surface area contributed by atoms with Crippen molar-refractivity contribution in [3.8, 4) is 0 Å². The van der Waals surface area contributed by atoms with Crippen LogP contribution in [0, 0.1) is 5.92 Å². The summed E-state index contributed by atoms with van der Waals surface area (Å²) in [5.41, 5.74) is 12.4. The summed E-state index contributed by atoms with van der Waals surface area (Å²) >= 11 is 5.21. The van der Waals surface area contributed by atoms with Gasteiger partial charge in [0.25, 0.3) is 0 Å². The van der Waals surface area contributed by atoms with E-state index in [0.29, 0.717) is 4.99 Å². The van der Waals surface area contributed by atoms with Crippen molar-refractivity contribution in [2.75, 3.05) is 19.6 Å². The van der Waals surface area contributed by atoms with Gasteiger partial charge in [-0.1, -0.05) is 42.5 Å². The topological polar surface area (TPSA) is 72.4 Å². The van der Waals surface area contributed by atoms with Gasteiger partial charge in [0.15, 0.2) is 0 Å². The molecule has 4 N–H and O–H groups in total. The van der Waals surface area contributed by atoms with Crippen LogP contribution in [-0.2, 0) is 4.79 Å². The van der Waals surface area contributed by atoms with Gasteiger partial charge in [0.2, 0.25) is 5.91 Å². The second-order valence-electron chi connectivity index (χ2n) is 5.34. The van der Waals surface area contributed by atoms with Crippen LogP contribution in [0.5, 0.6) is 0 Å².